The molecule has 0 aliphatic heterocycles. The van der Waals surface area contributed by atoms with E-state index in [0.29, 0.717) is 12.5 Å². The zero-order valence-corrected chi connectivity index (χ0v) is 10.3. The molecule has 0 spiro atoms. The van der Waals surface area contributed by atoms with Crippen molar-refractivity contribution in [2.75, 3.05) is 6.61 Å². The van der Waals surface area contributed by atoms with Gasteiger partial charge < -0.3 is 9.67 Å². The van der Waals surface area contributed by atoms with Gasteiger partial charge in [0, 0.05) is 25.5 Å². The van der Waals surface area contributed by atoms with Crippen LogP contribution in [0.5, 0.6) is 0 Å². The number of hydrogen-bond acceptors (Lipinski definition) is 2. The second kappa shape index (κ2) is 8.34. The lowest BCUT2D eigenvalue weighted by atomic mass is 9.97. The normalized spacial score (nSPS) is 12.9. The van der Waals surface area contributed by atoms with Crippen LogP contribution < -0.4 is 0 Å². The van der Waals surface area contributed by atoms with Gasteiger partial charge in [-0.05, 0) is 25.2 Å². The van der Waals surface area contributed by atoms with Crippen molar-refractivity contribution in [3.63, 3.8) is 0 Å². The Labute approximate surface area is 98.5 Å². The number of rotatable bonds is 9. The first-order valence-corrected chi connectivity index (χ1v) is 6.43. The molecule has 1 aromatic rings. The maximum atomic E-state index is 9.26. The first-order chi connectivity index (χ1) is 7.86. The number of aliphatic hydroxyl groups excluding tert-OH is 1. The van der Waals surface area contributed by atoms with E-state index in [0.717, 1.165) is 19.4 Å². The van der Waals surface area contributed by atoms with Crippen LogP contribution in [-0.2, 0) is 6.54 Å². The van der Waals surface area contributed by atoms with E-state index in [-0.39, 0.29) is 0 Å². The predicted octanol–water partition coefficient (Wildman–Crippen LogP) is 2.85. The Kier molecular flexibility index (Phi) is 6.90. The minimum absolute atomic E-state index is 0.341. The molecular formula is C13H24N2O. The summed E-state index contributed by atoms with van der Waals surface area (Å²) in [4.78, 5) is 4.01. The summed E-state index contributed by atoms with van der Waals surface area (Å²) in [5.41, 5.74) is 0. The molecule has 92 valence electrons. The third-order valence-electron chi connectivity index (χ3n) is 3.06. The topological polar surface area (TPSA) is 38.0 Å². The molecule has 0 saturated carbocycles. The maximum Gasteiger partial charge on any atom is 0.0945 e. The van der Waals surface area contributed by atoms with Crippen LogP contribution in [0, 0.1) is 5.92 Å². The van der Waals surface area contributed by atoms with Crippen molar-refractivity contribution in [1.29, 1.82) is 0 Å². The van der Waals surface area contributed by atoms with Gasteiger partial charge in [-0.1, -0.05) is 26.2 Å². The molecule has 1 rings (SSSR count). The van der Waals surface area contributed by atoms with Crippen molar-refractivity contribution in [2.45, 2.75) is 52.0 Å². The van der Waals surface area contributed by atoms with E-state index < -0.39 is 0 Å². The molecule has 0 aliphatic rings. The number of nitrogens with zero attached hydrogens (tertiary/aromatic N) is 2. The third-order valence-corrected chi connectivity index (χ3v) is 3.06. The smallest absolute Gasteiger partial charge is 0.0945 e. The molecule has 1 aromatic heterocycles. The van der Waals surface area contributed by atoms with E-state index in [1.807, 2.05) is 18.7 Å². The van der Waals surface area contributed by atoms with E-state index in [4.69, 9.17) is 0 Å². The van der Waals surface area contributed by atoms with E-state index in [1.54, 1.807) is 0 Å². The molecule has 0 unspecified atom stereocenters. The number of unbranched alkanes of at least 4 members (excludes halogenated alkanes) is 2. The lowest BCUT2D eigenvalue weighted by Gasteiger charge is -2.13. The van der Waals surface area contributed by atoms with E-state index in [1.165, 1.54) is 25.7 Å². The highest BCUT2D eigenvalue weighted by Crippen LogP contribution is 2.15. The highest BCUT2D eigenvalue weighted by atomic mass is 16.3. The molecule has 0 aliphatic carbocycles. The number of hydrogen-bond donors (Lipinski definition) is 1. The van der Waals surface area contributed by atoms with Gasteiger partial charge in [-0.25, -0.2) is 4.98 Å². The molecule has 1 atom stereocenters. The van der Waals surface area contributed by atoms with Crippen molar-refractivity contribution in [1.82, 2.24) is 9.55 Å². The highest BCUT2D eigenvalue weighted by Gasteiger charge is 2.06. The summed E-state index contributed by atoms with van der Waals surface area (Å²) in [6.45, 7) is 3.57. The van der Waals surface area contributed by atoms with Crippen molar-refractivity contribution < 1.29 is 5.11 Å². The SMILES string of the molecule is CCCCC[C@@H](CO)CCCn1ccnc1. The lowest BCUT2D eigenvalue weighted by Crippen LogP contribution is -2.07. The summed E-state index contributed by atoms with van der Waals surface area (Å²) >= 11 is 0. The number of aromatic nitrogens is 2. The van der Waals surface area contributed by atoms with Crippen LogP contribution in [0.4, 0.5) is 0 Å². The van der Waals surface area contributed by atoms with Crippen molar-refractivity contribution in [2.24, 2.45) is 5.92 Å². The van der Waals surface area contributed by atoms with Gasteiger partial charge in [0.25, 0.3) is 0 Å². The molecule has 0 aromatic carbocycles. The van der Waals surface area contributed by atoms with Crippen LogP contribution in [0.3, 0.4) is 0 Å². The molecule has 0 radical (unpaired) electrons. The van der Waals surface area contributed by atoms with Crippen LogP contribution in [0.1, 0.15) is 45.4 Å². The Morgan fingerprint density at radius 1 is 1.25 bits per heavy atom. The first kappa shape index (κ1) is 13.2. The zero-order valence-electron chi connectivity index (χ0n) is 10.3. The fourth-order valence-electron chi connectivity index (χ4n) is 1.99. The summed E-state index contributed by atoms with van der Waals surface area (Å²) in [5.74, 6) is 0.495. The fourth-order valence-corrected chi connectivity index (χ4v) is 1.99. The Balaban J connectivity index is 2.08. The van der Waals surface area contributed by atoms with Gasteiger partial charge in [-0.2, -0.15) is 0 Å². The minimum Gasteiger partial charge on any atom is -0.396 e. The highest BCUT2D eigenvalue weighted by molar-refractivity contribution is 4.74. The molecule has 16 heavy (non-hydrogen) atoms. The summed E-state index contributed by atoms with van der Waals surface area (Å²) < 4.78 is 2.10. The van der Waals surface area contributed by atoms with E-state index >= 15 is 0 Å². The van der Waals surface area contributed by atoms with Gasteiger partial charge in [0.05, 0.1) is 6.33 Å². The van der Waals surface area contributed by atoms with Crippen molar-refractivity contribution >= 4 is 0 Å². The largest absolute Gasteiger partial charge is 0.396 e. The van der Waals surface area contributed by atoms with Gasteiger partial charge in [0.2, 0.25) is 0 Å². The average molecular weight is 224 g/mol. The Hall–Kier alpha value is -0.830. The molecule has 0 bridgehead atoms. The summed E-state index contributed by atoms with van der Waals surface area (Å²) in [6.07, 6.45) is 12.9. The third kappa shape index (κ3) is 5.31. The van der Waals surface area contributed by atoms with Gasteiger partial charge in [-0.15, -0.1) is 0 Å². The molecule has 3 heteroatoms. The van der Waals surface area contributed by atoms with Gasteiger partial charge in [-0.3, -0.25) is 0 Å². The molecule has 0 fully saturated rings. The van der Waals surface area contributed by atoms with Crippen LogP contribution in [0.15, 0.2) is 18.7 Å². The molecule has 1 N–H and O–H groups in total. The number of aliphatic hydroxyl groups is 1. The monoisotopic (exact) mass is 224 g/mol. The summed E-state index contributed by atoms with van der Waals surface area (Å²) in [7, 11) is 0. The molecule has 0 amide bonds. The molecule has 1 heterocycles. The Morgan fingerprint density at radius 3 is 2.69 bits per heavy atom. The standard InChI is InChI=1S/C13H24N2O/c1-2-3-4-6-13(11-16)7-5-9-15-10-8-14-12-15/h8,10,12-13,16H,2-7,9,11H2,1H3/t13-/m1/s1. The first-order valence-electron chi connectivity index (χ1n) is 6.43. The van der Waals surface area contributed by atoms with Crippen LogP contribution in [0.25, 0.3) is 0 Å². The number of aryl methyl sites for hydroxylation is 1. The maximum absolute atomic E-state index is 9.26. The van der Waals surface area contributed by atoms with E-state index in [2.05, 4.69) is 16.5 Å². The van der Waals surface area contributed by atoms with Crippen LogP contribution in [-0.4, -0.2) is 21.3 Å². The van der Waals surface area contributed by atoms with Gasteiger partial charge >= 0.3 is 0 Å². The van der Waals surface area contributed by atoms with Crippen LogP contribution >= 0.6 is 0 Å². The summed E-state index contributed by atoms with van der Waals surface area (Å²) in [6, 6.07) is 0. The zero-order chi connectivity index (χ0) is 11.6. The quantitative estimate of drug-likeness (QED) is 0.655. The molecular weight excluding hydrogens is 200 g/mol. The average Bonchev–Trinajstić information content (AvgIpc) is 2.80. The van der Waals surface area contributed by atoms with Gasteiger partial charge in [0.15, 0.2) is 0 Å². The number of imidazole rings is 1. The van der Waals surface area contributed by atoms with E-state index in [9.17, 15) is 5.11 Å². The fraction of sp³-hybridized carbons (Fsp3) is 0.769. The minimum atomic E-state index is 0.341. The Morgan fingerprint density at radius 2 is 2.06 bits per heavy atom. The molecule has 0 saturated heterocycles. The molecule has 3 nitrogen and oxygen atoms in total. The predicted molar refractivity (Wildman–Crippen MR) is 66.2 cm³/mol. The van der Waals surface area contributed by atoms with Gasteiger partial charge in [0.1, 0.15) is 0 Å². The van der Waals surface area contributed by atoms with Crippen molar-refractivity contribution in [3.05, 3.63) is 18.7 Å². The lowest BCUT2D eigenvalue weighted by molar-refractivity contribution is 0.204. The summed E-state index contributed by atoms with van der Waals surface area (Å²) in [5, 5.41) is 9.26. The Bertz CT molecular complexity index is 246. The van der Waals surface area contributed by atoms with Crippen molar-refractivity contribution in [3.8, 4) is 0 Å². The second-order valence-electron chi connectivity index (χ2n) is 4.49. The second-order valence-corrected chi connectivity index (χ2v) is 4.49. The van der Waals surface area contributed by atoms with Crippen LogP contribution in [0.2, 0.25) is 0 Å².